The van der Waals surface area contributed by atoms with Crippen LogP contribution in [0.25, 0.3) is 11.3 Å². The molecule has 0 radical (unpaired) electrons. The number of ether oxygens (including phenoxy) is 1. The zero-order valence-electron chi connectivity index (χ0n) is 13.0. The molecule has 0 bridgehead atoms. The number of hydrogen-bond donors (Lipinski definition) is 1. The molecule has 0 aliphatic carbocycles. The molecule has 0 spiro atoms. The number of nitrogens with one attached hydrogen (secondary N) is 1. The first-order valence-electron chi connectivity index (χ1n) is 7.31. The molecule has 3 aromatic rings. The van der Waals surface area contributed by atoms with E-state index >= 15 is 0 Å². The van der Waals surface area contributed by atoms with Crippen molar-refractivity contribution < 1.29 is 9.53 Å². The topological polar surface area (TPSA) is 51.2 Å². The van der Waals surface area contributed by atoms with E-state index in [1.807, 2.05) is 60.8 Å². The lowest BCUT2D eigenvalue weighted by Crippen LogP contribution is -2.20. The molecule has 4 nitrogen and oxygen atoms in total. The van der Waals surface area contributed by atoms with Gasteiger partial charge in [-0.2, -0.15) is 0 Å². The lowest BCUT2D eigenvalue weighted by atomic mass is 10.1. The molecule has 2 aromatic carbocycles. The first-order chi connectivity index (χ1) is 11.6. The standard InChI is InChI=1S/C18H15BrN2O2S/c1-12-20-17(11-24-12)13-2-6-15(7-3-13)21-18(22)10-23-16-8-4-14(19)5-9-16/h2-9,11H,10H2,1H3,(H,21,22). The van der Waals surface area contributed by atoms with E-state index in [9.17, 15) is 4.79 Å². The van der Waals surface area contributed by atoms with Crippen molar-refractivity contribution in [2.75, 3.05) is 11.9 Å². The van der Waals surface area contributed by atoms with E-state index in [-0.39, 0.29) is 12.5 Å². The fourth-order valence-electron chi connectivity index (χ4n) is 2.10. The summed E-state index contributed by atoms with van der Waals surface area (Å²) in [5, 5.41) is 5.87. The zero-order valence-corrected chi connectivity index (χ0v) is 15.4. The second-order valence-corrected chi connectivity index (χ2v) is 7.10. The Kier molecular flexibility index (Phi) is 5.27. The van der Waals surface area contributed by atoms with E-state index in [1.54, 1.807) is 11.3 Å². The van der Waals surface area contributed by atoms with Gasteiger partial charge in [0.05, 0.1) is 10.7 Å². The average Bonchev–Trinajstić information content (AvgIpc) is 3.01. The number of halogens is 1. The molecule has 0 saturated carbocycles. The third-order valence-electron chi connectivity index (χ3n) is 3.27. The fraction of sp³-hybridized carbons (Fsp3) is 0.111. The zero-order chi connectivity index (χ0) is 16.9. The first kappa shape index (κ1) is 16.7. The van der Waals surface area contributed by atoms with Crippen molar-refractivity contribution in [3.63, 3.8) is 0 Å². The molecule has 1 aromatic heterocycles. The van der Waals surface area contributed by atoms with Gasteiger partial charge in [-0.15, -0.1) is 11.3 Å². The van der Waals surface area contributed by atoms with E-state index in [0.29, 0.717) is 5.75 Å². The maximum atomic E-state index is 12.0. The van der Waals surface area contributed by atoms with Gasteiger partial charge in [0.1, 0.15) is 5.75 Å². The summed E-state index contributed by atoms with van der Waals surface area (Å²) < 4.78 is 6.42. The molecule has 0 aliphatic heterocycles. The van der Waals surface area contributed by atoms with E-state index in [0.717, 1.165) is 26.4 Å². The largest absolute Gasteiger partial charge is 0.484 e. The van der Waals surface area contributed by atoms with Gasteiger partial charge in [-0.25, -0.2) is 4.98 Å². The molecule has 0 fully saturated rings. The van der Waals surface area contributed by atoms with Crippen molar-refractivity contribution in [1.29, 1.82) is 0 Å². The Bertz CT molecular complexity index is 829. The third kappa shape index (κ3) is 4.43. The van der Waals surface area contributed by atoms with E-state index in [1.165, 1.54) is 0 Å². The van der Waals surface area contributed by atoms with Gasteiger partial charge < -0.3 is 10.1 Å². The van der Waals surface area contributed by atoms with Gasteiger partial charge in [0.25, 0.3) is 5.91 Å². The van der Waals surface area contributed by atoms with Crippen molar-refractivity contribution in [1.82, 2.24) is 4.98 Å². The van der Waals surface area contributed by atoms with Crippen molar-refractivity contribution in [3.05, 3.63) is 63.4 Å². The van der Waals surface area contributed by atoms with Crippen LogP contribution < -0.4 is 10.1 Å². The summed E-state index contributed by atoms with van der Waals surface area (Å²) in [6.45, 7) is 1.95. The van der Waals surface area contributed by atoms with Crippen LogP contribution in [-0.2, 0) is 4.79 Å². The van der Waals surface area contributed by atoms with E-state index in [4.69, 9.17) is 4.74 Å². The number of amides is 1. The normalized spacial score (nSPS) is 10.4. The highest BCUT2D eigenvalue weighted by Crippen LogP contribution is 2.23. The van der Waals surface area contributed by atoms with Crippen LogP contribution in [0, 0.1) is 6.92 Å². The van der Waals surface area contributed by atoms with Gasteiger partial charge in [0.2, 0.25) is 0 Å². The Morgan fingerprint density at radius 2 is 1.88 bits per heavy atom. The monoisotopic (exact) mass is 402 g/mol. The van der Waals surface area contributed by atoms with Crippen LogP contribution in [0.15, 0.2) is 58.4 Å². The number of nitrogens with zero attached hydrogens (tertiary/aromatic N) is 1. The maximum absolute atomic E-state index is 12.0. The van der Waals surface area contributed by atoms with Crippen molar-refractivity contribution >= 4 is 38.9 Å². The molecule has 122 valence electrons. The molecular formula is C18H15BrN2O2S. The van der Waals surface area contributed by atoms with Crippen LogP contribution >= 0.6 is 27.3 Å². The number of aryl methyl sites for hydroxylation is 1. The number of anilines is 1. The second kappa shape index (κ2) is 7.59. The number of aromatic nitrogens is 1. The Hall–Kier alpha value is -2.18. The Balaban J connectivity index is 1.55. The van der Waals surface area contributed by atoms with Crippen molar-refractivity contribution in [2.24, 2.45) is 0 Å². The van der Waals surface area contributed by atoms with Gasteiger partial charge in [-0.05, 0) is 43.3 Å². The van der Waals surface area contributed by atoms with Gasteiger partial charge in [0.15, 0.2) is 6.61 Å². The Morgan fingerprint density at radius 1 is 1.17 bits per heavy atom. The summed E-state index contributed by atoms with van der Waals surface area (Å²) >= 11 is 4.97. The molecule has 0 unspecified atom stereocenters. The molecule has 0 saturated heterocycles. The summed E-state index contributed by atoms with van der Waals surface area (Å²) in [6, 6.07) is 15.0. The maximum Gasteiger partial charge on any atom is 0.262 e. The Labute approximate surface area is 152 Å². The summed E-state index contributed by atoms with van der Waals surface area (Å²) in [7, 11) is 0. The first-order valence-corrected chi connectivity index (χ1v) is 8.98. The summed E-state index contributed by atoms with van der Waals surface area (Å²) in [5.41, 5.74) is 2.72. The van der Waals surface area contributed by atoms with Crippen molar-refractivity contribution in [3.8, 4) is 17.0 Å². The molecule has 0 atom stereocenters. The number of carbonyl (C=O) groups is 1. The number of rotatable bonds is 5. The molecule has 6 heteroatoms. The van der Waals surface area contributed by atoms with E-state index in [2.05, 4.69) is 26.2 Å². The molecule has 1 amide bonds. The predicted octanol–water partition coefficient (Wildman–Crippen LogP) is 4.90. The van der Waals surface area contributed by atoms with Gasteiger partial charge in [-0.3, -0.25) is 4.79 Å². The molecule has 0 aliphatic rings. The fourth-order valence-corrected chi connectivity index (χ4v) is 2.98. The quantitative estimate of drug-likeness (QED) is 0.660. The molecule has 1 heterocycles. The smallest absolute Gasteiger partial charge is 0.262 e. The van der Waals surface area contributed by atoms with Crippen molar-refractivity contribution in [2.45, 2.75) is 6.92 Å². The van der Waals surface area contributed by atoms with Crippen LogP contribution in [0.2, 0.25) is 0 Å². The number of thiazole rings is 1. The van der Waals surface area contributed by atoms with Gasteiger partial charge >= 0.3 is 0 Å². The molecule has 1 N–H and O–H groups in total. The summed E-state index contributed by atoms with van der Waals surface area (Å²) in [5.74, 6) is 0.456. The Morgan fingerprint density at radius 3 is 2.50 bits per heavy atom. The van der Waals surface area contributed by atoms with Crippen LogP contribution in [0.1, 0.15) is 5.01 Å². The minimum Gasteiger partial charge on any atom is -0.484 e. The number of benzene rings is 2. The lowest BCUT2D eigenvalue weighted by molar-refractivity contribution is -0.118. The number of carbonyl (C=O) groups excluding carboxylic acids is 1. The highest BCUT2D eigenvalue weighted by atomic mass is 79.9. The SMILES string of the molecule is Cc1nc(-c2ccc(NC(=O)COc3ccc(Br)cc3)cc2)cs1. The molecule has 3 rings (SSSR count). The van der Waals surface area contributed by atoms with Crippen LogP contribution in [0.5, 0.6) is 5.75 Å². The van der Waals surface area contributed by atoms with Gasteiger partial charge in [-0.1, -0.05) is 28.1 Å². The van der Waals surface area contributed by atoms with Gasteiger partial charge in [0, 0.05) is 21.1 Å². The third-order valence-corrected chi connectivity index (χ3v) is 4.57. The minimum atomic E-state index is -0.199. The highest BCUT2D eigenvalue weighted by Gasteiger charge is 2.06. The lowest BCUT2D eigenvalue weighted by Gasteiger charge is -2.08. The average molecular weight is 403 g/mol. The highest BCUT2D eigenvalue weighted by molar-refractivity contribution is 9.10. The summed E-state index contributed by atoms with van der Waals surface area (Å²) in [4.78, 5) is 16.4. The number of hydrogen-bond acceptors (Lipinski definition) is 4. The van der Waals surface area contributed by atoms with Crippen LogP contribution in [0.4, 0.5) is 5.69 Å². The summed E-state index contributed by atoms with van der Waals surface area (Å²) in [6.07, 6.45) is 0. The molecule has 24 heavy (non-hydrogen) atoms. The van der Waals surface area contributed by atoms with Crippen LogP contribution in [0.3, 0.4) is 0 Å². The van der Waals surface area contributed by atoms with Crippen LogP contribution in [-0.4, -0.2) is 17.5 Å². The molecular weight excluding hydrogens is 388 g/mol. The van der Waals surface area contributed by atoms with E-state index < -0.39 is 0 Å². The second-order valence-electron chi connectivity index (χ2n) is 5.12. The minimum absolute atomic E-state index is 0.0331. The predicted molar refractivity (Wildman–Crippen MR) is 101 cm³/mol.